The second kappa shape index (κ2) is 53.5. The molecule has 0 fully saturated rings. The summed E-state index contributed by atoms with van der Waals surface area (Å²) < 4.78 is 50.6. The van der Waals surface area contributed by atoms with Crippen LogP contribution >= 0.6 is 0 Å². The van der Waals surface area contributed by atoms with E-state index >= 15 is 0 Å². The molecule has 0 radical (unpaired) electrons. The zero-order chi connectivity index (χ0) is 74.4. The number of esters is 6. The zero-order valence-electron chi connectivity index (χ0n) is 62.9. The average Bonchev–Trinajstić information content (AvgIpc) is 0.869. The molecule has 0 saturated heterocycles. The van der Waals surface area contributed by atoms with Crippen LogP contribution in [0.1, 0.15) is 230 Å². The van der Waals surface area contributed by atoms with Gasteiger partial charge in [0.25, 0.3) is 0 Å². The number of benzene rings is 6. The van der Waals surface area contributed by atoms with Gasteiger partial charge < -0.3 is 42.6 Å². The number of carbonyl (C=O) groups is 6. The van der Waals surface area contributed by atoms with E-state index in [2.05, 4.69) is 57.2 Å². The summed E-state index contributed by atoms with van der Waals surface area (Å²) in [5.74, 6) is 0.256. The Morgan fingerprint density at radius 3 is 0.771 bits per heavy atom. The third-order valence-corrected chi connectivity index (χ3v) is 17.8. The molecular weight excluding hydrogens is 1320 g/mol. The van der Waals surface area contributed by atoms with Crippen LogP contribution in [0.3, 0.4) is 0 Å². The highest BCUT2D eigenvalue weighted by molar-refractivity contribution is 5.88. The number of hydrogen-bond acceptors (Lipinski definition) is 15. The summed E-state index contributed by atoms with van der Waals surface area (Å²) in [5, 5.41) is 0. The standard InChI is InChI=1S/C90H116O15/c1-4-7-64-97-81-55-49-78(50-56-81)75-43-34-72(35-44-75)40-61-87(93)100-67-28-22-16-10-13-19-25-31-85(91)103-70-84(105-90(96)33-27-21-15-12-18-24-30-69-102-89(95)63-42-74-38-47-77(48-39-74)80-53-59-83(60-54-80)99-66-9-6-3)71-104-86(92)32-26-20-14-11-17-23-29-68-101-88(94)62-41-73-36-45-76(46-37-73)79-51-57-82(58-52-79)98-65-8-5-2/h34-63,84H,4-33,64-71H2,1-3H3. The normalized spacial score (nSPS) is 11.6. The minimum absolute atomic E-state index is 0.187. The molecule has 0 amide bonds. The summed E-state index contributed by atoms with van der Waals surface area (Å²) in [5.41, 5.74) is 9.26. The molecule has 6 rings (SSSR count). The van der Waals surface area contributed by atoms with E-state index in [1.54, 1.807) is 18.2 Å². The number of hydrogen-bond donors (Lipinski definition) is 0. The van der Waals surface area contributed by atoms with E-state index in [0.29, 0.717) is 45.7 Å². The molecule has 0 bridgehead atoms. The van der Waals surface area contributed by atoms with Gasteiger partial charge in [-0.05, 0) is 162 Å². The molecule has 0 N–H and O–H groups in total. The summed E-state index contributed by atoms with van der Waals surface area (Å²) in [4.78, 5) is 76.1. The molecule has 15 nitrogen and oxygen atoms in total. The highest BCUT2D eigenvalue weighted by Gasteiger charge is 2.20. The molecule has 6 aromatic rings. The molecule has 0 heterocycles. The van der Waals surface area contributed by atoms with Crippen LogP contribution < -0.4 is 14.2 Å². The van der Waals surface area contributed by atoms with Gasteiger partial charge in [0.1, 0.15) is 30.5 Å². The van der Waals surface area contributed by atoms with Gasteiger partial charge in [0.15, 0.2) is 6.10 Å². The fourth-order valence-electron chi connectivity index (χ4n) is 11.4. The van der Waals surface area contributed by atoms with Crippen molar-refractivity contribution in [2.24, 2.45) is 0 Å². The number of carbonyl (C=O) groups excluding carboxylic acids is 6. The predicted molar refractivity (Wildman–Crippen MR) is 419 cm³/mol. The van der Waals surface area contributed by atoms with E-state index < -0.39 is 24.0 Å². The van der Waals surface area contributed by atoms with Crippen LogP contribution in [-0.2, 0) is 57.2 Å². The molecule has 566 valence electrons. The van der Waals surface area contributed by atoms with E-state index in [0.717, 1.165) is 235 Å². The van der Waals surface area contributed by atoms with E-state index in [9.17, 15) is 28.8 Å². The first-order valence-corrected chi connectivity index (χ1v) is 39.0. The number of unbranched alkanes of at least 4 members (excludes halogenated alkanes) is 21. The average molecular weight is 1440 g/mol. The van der Waals surface area contributed by atoms with Crippen LogP contribution in [0.15, 0.2) is 164 Å². The molecule has 15 heteroatoms. The van der Waals surface area contributed by atoms with Crippen LogP contribution in [0.2, 0.25) is 0 Å². The summed E-state index contributed by atoms with van der Waals surface area (Å²) in [7, 11) is 0. The lowest BCUT2D eigenvalue weighted by Crippen LogP contribution is -2.30. The second-order valence-electron chi connectivity index (χ2n) is 26.7. The van der Waals surface area contributed by atoms with Crippen LogP contribution in [0, 0.1) is 0 Å². The van der Waals surface area contributed by atoms with Gasteiger partial charge in [0, 0.05) is 37.5 Å². The van der Waals surface area contributed by atoms with Crippen LogP contribution in [0.25, 0.3) is 51.6 Å². The zero-order valence-corrected chi connectivity index (χ0v) is 62.9. The second-order valence-corrected chi connectivity index (χ2v) is 26.7. The first-order chi connectivity index (χ1) is 51.5. The van der Waals surface area contributed by atoms with Gasteiger partial charge in [0.2, 0.25) is 0 Å². The maximum atomic E-state index is 13.1. The molecule has 105 heavy (non-hydrogen) atoms. The minimum Gasteiger partial charge on any atom is -0.494 e. The number of ether oxygens (including phenoxy) is 9. The topological polar surface area (TPSA) is 185 Å². The lowest BCUT2D eigenvalue weighted by Gasteiger charge is -2.18. The summed E-state index contributed by atoms with van der Waals surface area (Å²) in [6, 6.07) is 48.3. The Balaban J connectivity index is 0.801. The largest absolute Gasteiger partial charge is 0.494 e. The van der Waals surface area contributed by atoms with Crippen molar-refractivity contribution in [2.45, 2.75) is 219 Å². The SMILES string of the molecule is CCCCOc1ccc(-c2ccc(C=CC(=O)OCCCCCCCCCC(=O)OCC(COC(=O)CCCCCCCCCOC(=O)C=Cc3ccc(-c4ccc(OCCCC)cc4)cc3)OC(=O)CCCCCCCCCOC(=O)C=Cc3ccc(-c4ccc(OCCCC)cc4)cc3)cc2)cc1. The predicted octanol–water partition coefficient (Wildman–Crippen LogP) is 21.7. The molecule has 0 unspecified atom stereocenters. The molecular formula is C90H116O15. The Morgan fingerprint density at radius 2 is 0.505 bits per heavy atom. The van der Waals surface area contributed by atoms with E-state index in [4.69, 9.17) is 42.6 Å². The fourth-order valence-corrected chi connectivity index (χ4v) is 11.4. The van der Waals surface area contributed by atoms with Crippen molar-refractivity contribution in [1.82, 2.24) is 0 Å². The molecule has 0 aliphatic rings. The molecule has 0 saturated carbocycles. The monoisotopic (exact) mass is 1440 g/mol. The summed E-state index contributed by atoms with van der Waals surface area (Å²) in [6.45, 7) is 9.22. The Bertz CT molecular complexity index is 3310. The highest BCUT2D eigenvalue weighted by atomic mass is 16.6. The van der Waals surface area contributed by atoms with Crippen molar-refractivity contribution >= 4 is 54.0 Å². The van der Waals surface area contributed by atoms with E-state index in [1.807, 2.05) is 109 Å². The first kappa shape index (κ1) is 84.7. The van der Waals surface area contributed by atoms with Gasteiger partial charge >= 0.3 is 35.8 Å². The maximum Gasteiger partial charge on any atom is 0.330 e. The van der Waals surface area contributed by atoms with Gasteiger partial charge in [-0.25, -0.2) is 14.4 Å². The van der Waals surface area contributed by atoms with Gasteiger partial charge in [-0.1, -0.05) is 246 Å². The Labute approximate surface area is 625 Å². The van der Waals surface area contributed by atoms with Gasteiger partial charge in [-0.3, -0.25) is 14.4 Å². The highest BCUT2D eigenvalue weighted by Crippen LogP contribution is 2.27. The quantitative estimate of drug-likeness (QED) is 0.0152. The van der Waals surface area contributed by atoms with Crippen molar-refractivity contribution in [2.75, 3.05) is 52.9 Å². The van der Waals surface area contributed by atoms with Crippen LogP contribution in [0.4, 0.5) is 0 Å². The minimum atomic E-state index is -0.927. The Hall–Kier alpha value is -9.24. The summed E-state index contributed by atoms with van der Waals surface area (Å²) >= 11 is 0. The number of rotatable bonds is 56. The maximum absolute atomic E-state index is 13.1. The molecule has 0 spiro atoms. The van der Waals surface area contributed by atoms with E-state index in [-0.39, 0.29) is 50.4 Å². The Kier molecular flexibility index (Phi) is 43.2. The van der Waals surface area contributed by atoms with Gasteiger partial charge in [-0.2, -0.15) is 0 Å². The van der Waals surface area contributed by atoms with Crippen molar-refractivity contribution in [3.05, 3.63) is 181 Å². The molecule has 6 aromatic carbocycles. The molecule has 0 aliphatic heterocycles. The van der Waals surface area contributed by atoms with Gasteiger partial charge in [0.05, 0.1) is 39.6 Å². The summed E-state index contributed by atoms with van der Waals surface area (Å²) in [6.07, 6.45) is 34.1. The molecule has 0 aromatic heterocycles. The van der Waals surface area contributed by atoms with Crippen molar-refractivity contribution in [3.8, 4) is 50.6 Å². The third kappa shape index (κ3) is 38.4. The lowest BCUT2D eigenvalue weighted by molar-refractivity contribution is -0.167. The lowest BCUT2D eigenvalue weighted by atomic mass is 10.0. The fraction of sp³-hybridized carbons (Fsp3) is 0.467. The van der Waals surface area contributed by atoms with Crippen molar-refractivity contribution < 1.29 is 71.4 Å². The van der Waals surface area contributed by atoms with Crippen molar-refractivity contribution in [1.29, 1.82) is 0 Å². The first-order valence-electron chi connectivity index (χ1n) is 39.0. The van der Waals surface area contributed by atoms with E-state index in [1.165, 1.54) is 18.2 Å². The van der Waals surface area contributed by atoms with Crippen LogP contribution in [-0.4, -0.2) is 94.8 Å². The smallest absolute Gasteiger partial charge is 0.330 e. The molecule has 0 aliphatic carbocycles. The van der Waals surface area contributed by atoms with Crippen LogP contribution in [0.5, 0.6) is 17.2 Å². The third-order valence-electron chi connectivity index (χ3n) is 17.8. The van der Waals surface area contributed by atoms with Gasteiger partial charge in [-0.15, -0.1) is 0 Å². The molecule has 0 atom stereocenters. The Morgan fingerprint density at radius 1 is 0.267 bits per heavy atom. The van der Waals surface area contributed by atoms with Crippen molar-refractivity contribution in [3.63, 3.8) is 0 Å².